The molecule has 2 saturated carbocycles. The van der Waals surface area contributed by atoms with Crippen LogP contribution in [0.3, 0.4) is 0 Å². The molecule has 0 spiro atoms. The number of benzene rings is 2. The Kier molecular flexibility index (Phi) is 12.0. The van der Waals surface area contributed by atoms with Crippen molar-refractivity contribution in [3.05, 3.63) is 71.3 Å². The molecule has 3 atom stereocenters. The first kappa shape index (κ1) is 31.0. The highest BCUT2D eigenvalue weighted by Gasteiger charge is 2.35. The van der Waals surface area contributed by atoms with Crippen LogP contribution < -0.4 is 4.74 Å². The van der Waals surface area contributed by atoms with Gasteiger partial charge in [-0.2, -0.15) is 0 Å². The highest BCUT2D eigenvalue weighted by molar-refractivity contribution is 5.96. The number of rotatable bonds is 15. The molecule has 2 aliphatic carbocycles. The van der Waals surface area contributed by atoms with Gasteiger partial charge in [-0.25, -0.2) is 0 Å². The SMILES string of the molecule is COc1ccc(C(=O)CCCCC(=O)C(CC2CCCC2)[C@H](CC=C2CCCCC2)[C@H](O)c2ccc(O)cc2)cc1. The largest absolute Gasteiger partial charge is 0.508 e. The third-order valence-electron chi connectivity index (χ3n) is 9.30. The van der Waals surface area contributed by atoms with Crippen LogP contribution >= 0.6 is 0 Å². The summed E-state index contributed by atoms with van der Waals surface area (Å²) in [5.41, 5.74) is 2.89. The number of aromatic hydroxyl groups is 1. The summed E-state index contributed by atoms with van der Waals surface area (Å²) in [4.78, 5) is 26.6. The van der Waals surface area contributed by atoms with E-state index in [4.69, 9.17) is 4.74 Å². The lowest BCUT2D eigenvalue weighted by Gasteiger charge is -2.32. The number of carbonyl (C=O) groups excluding carboxylic acids is 2. The van der Waals surface area contributed by atoms with Gasteiger partial charge in [0, 0.05) is 30.2 Å². The summed E-state index contributed by atoms with van der Waals surface area (Å²) < 4.78 is 5.18. The van der Waals surface area contributed by atoms with Crippen molar-refractivity contribution < 1.29 is 24.5 Å². The number of hydrogen-bond acceptors (Lipinski definition) is 5. The molecule has 2 aromatic rings. The molecule has 5 heteroatoms. The first-order chi connectivity index (χ1) is 19.9. The second-order valence-electron chi connectivity index (χ2n) is 12.2. The minimum Gasteiger partial charge on any atom is -0.508 e. The smallest absolute Gasteiger partial charge is 0.162 e. The monoisotopic (exact) mass is 560 g/mol. The minimum atomic E-state index is -0.775. The molecule has 222 valence electrons. The number of ketones is 2. The molecule has 0 amide bonds. The maximum Gasteiger partial charge on any atom is 0.162 e. The van der Waals surface area contributed by atoms with Gasteiger partial charge < -0.3 is 14.9 Å². The molecular weight excluding hydrogens is 512 g/mol. The maximum atomic E-state index is 13.9. The Morgan fingerprint density at radius 1 is 0.902 bits per heavy atom. The molecule has 5 nitrogen and oxygen atoms in total. The average Bonchev–Trinajstić information content (AvgIpc) is 3.53. The van der Waals surface area contributed by atoms with E-state index in [2.05, 4.69) is 6.08 Å². The van der Waals surface area contributed by atoms with Gasteiger partial charge in [-0.15, -0.1) is 0 Å². The van der Waals surface area contributed by atoms with Crippen molar-refractivity contribution in [1.82, 2.24) is 0 Å². The molecule has 2 aromatic carbocycles. The summed E-state index contributed by atoms with van der Waals surface area (Å²) in [7, 11) is 1.61. The van der Waals surface area contributed by atoms with Crippen molar-refractivity contribution in [2.75, 3.05) is 7.11 Å². The van der Waals surface area contributed by atoms with Crippen molar-refractivity contribution >= 4 is 11.6 Å². The van der Waals surface area contributed by atoms with Crippen LogP contribution in [0.4, 0.5) is 0 Å². The zero-order valence-electron chi connectivity index (χ0n) is 24.7. The molecule has 0 bridgehead atoms. The second kappa shape index (κ2) is 15.9. The summed E-state index contributed by atoms with van der Waals surface area (Å²) in [5.74, 6) is 1.30. The fraction of sp³-hybridized carbons (Fsp3) is 0.556. The third kappa shape index (κ3) is 9.29. The van der Waals surface area contributed by atoms with Crippen LogP contribution in [0.15, 0.2) is 60.2 Å². The molecule has 0 radical (unpaired) electrons. The number of phenols is 1. The molecule has 2 fully saturated rings. The van der Waals surface area contributed by atoms with Crippen LogP contribution in [-0.2, 0) is 4.79 Å². The molecule has 4 rings (SSSR count). The van der Waals surface area contributed by atoms with Crippen molar-refractivity contribution in [2.24, 2.45) is 17.8 Å². The Morgan fingerprint density at radius 2 is 1.56 bits per heavy atom. The van der Waals surface area contributed by atoms with Gasteiger partial charge in [0.2, 0.25) is 0 Å². The fourth-order valence-electron chi connectivity index (χ4n) is 6.79. The predicted octanol–water partition coefficient (Wildman–Crippen LogP) is 8.54. The number of hydrogen-bond donors (Lipinski definition) is 2. The summed E-state index contributed by atoms with van der Waals surface area (Å²) in [5, 5.41) is 21.5. The minimum absolute atomic E-state index is 0.0855. The van der Waals surface area contributed by atoms with Crippen LogP contribution in [0.5, 0.6) is 11.5 Å². The van der Waals surface area contributed by atoms with E-state index in [9.17, 15) is 19.8 Å². The normalized spacial score (nSPS) is 18.0. The zero-order valence-corrected chi connectivity index (χ0v) is 24.7. The van der Waals surface area contributed by atoms with E-state index in [0.717, 1.165) is 43.4 Å². The van der Waals surface area contributed by atoms with E-state index >= 15 is 0 Å². The van der Waals surface area contributed by atoms with Gasteiger partial charge in [0.05, 0.1) is 13.2 Å². The fourth-order valence-corrected chi connectivity index (χ4v) is 6.79. The lowest BCUT2D eigenvalue weighted by Crippen LogP contribution is -2.30. The van der Waals surface area contributed by atoms with Gasteiger partial charge in [-0.05, 0) is 99.2 Å². The molecule has 2 N–H and O–H groups in total. The Hall–Kier alpha value is -2.92. The van der Waals surface area contributed by atoms with Gasteiger partial charge in [0.25, 0.3) is 0 Å². The molecule has 41 heavy (non-hydrogen) atoms. The number of aliphatic hydroxyl groups is 1. The summed E-state index contributed by atoms with van der Waals surface area (Å²) >= 11 is 0. The van der Waals surface area contributed by atoms with E-state index in [1.807, 2.05) is 0 Å². The first-order valence-corrected chi connectivity index (χ1v) is 15.8. The summed E-state index contributed by atoms with van der Waals surface area (Å²) in [6, 6.07) is 14.0. The number of allylic oxidation sites excluding steroid dienone is 2. The van der Waals surface area contributed by atoms with Crippen LogP contribution in [0.1, 0.15) is 118 Å². The molecule has 0 aliphatic heterocycles. The van der Waals surface area contributed by atoms with Crippen molar-refractivity contribution in [3.63, 3.8) is 0 Å². The number of phenolic OH excluding ortho intramolecular Hbond substituents is 1. The first-order valence-electron chi connectivity index (χ1n) is 15.8. The number of ether oxygens (including phenoxy) is 1. The van der Waals surface area contributed by atoms with E-state index < -0.39 is 6.10 Å². The van der Waals surface area contributed by atoms with E-state index in [0.29, 0.717) is 43.6 Å². The topological polar surface area (TPSA) is 83.8 Å². The van der Waals surface area contributed by atoms with Gasteiger partial charge in [0.1, 0.15) is 17.3 Å². The Bertz CT molecular complexity index is 1120. The lowest BCUT2D eigenvalue weighted by atomic mass is 9.73. The zero-order chi connectivity index (χ0) is 29.0. The molecule has 2 aliphatic rings. The van der Waals surface area contributed by atoms with Crippen LogP contribution in [0.25, 0.3) is 0 Å². The van der Waals surface area contributed by atoms with Crippen molar-refractivity contribution in [2.45, 2.75) is 102 Å². The number of aliphatic hydroxyl groups excluding tert-OH is 1. The van der Waals surface area contributed by atoms with Crippen molar-refractivity contribution in [1.29, 1.82) is 0 Å². The lowest BCUT2D eigenvalue weighted by molar-refractivity contribution is -0.127. The summed E-state index contributed by atoms with van der Waals surface area (Å²) in [6.45, 7) is 0. The highest BCUT2D eigenvalue weighted by Crippen LogP contribution is 2.41. The molecule has 1 unspecified atom stereocenters. The van der Waals surface area contributed by atoms with Crippen molar-refractivity contribution in [3.8, 4) is 11.5 Å². The Balaban J connectivity index is 1.45. The second-order valence-corrected chi connectivity index (χ2v) is 12.2. The third-order valence-corrected chi connectivity index (χ3v) is 9.30. The van der Waals surface area contributed by atoms with Gasteiger partial charge in [0.15, 0.2) is 5.78 Å². The van der Waals surface area contributed by atoms with Crippen LogP contribution in [0, 0.1) is 17.8 Å². The Labute approximate surface area is 246 Å². The maximum absolute atomic E-state index is 13.9. The molecule has 0 saturated heterocycles. The average molecular weight is 561 g/mol. The van der Waals surface area contributed by atoms with Gasteiger partial charge >= 0.3 is 0 Å². The highest BCUT2D eigenvalue weighted by atomic mass is 16.5. The molecular formula is C36H48O5. The quantitative estimate of drug-likeness (QED) is 0.130. The van der Waals surface area contributed by atoms with E-state index in [1.54, 1.807) is 55.6 Å². The van der Waals surface area contributed by atoms with E-state index in [-0.39, 0.29) is 29.2 Å². The molecule has 0 aromatic heterocycles. The summed E-state index contributed by atoms with van der Waals surface area (Å²) in [6.07, 6.45) is 15.9. The predicted molar refractivity (Wildman–Crippen MR) is 163 cm³/mol. The number of unbranched alkanes of at least 4 members (excludes halogenated alkanes) is 1. The van der Waals surface area contributed by atoms with Crippen LogP contribution in [0.2, 0.25) is 0 Å². The van der Waals surface area contributed by atoms with Gasteiger partial charge in [-0.3, -0.25) is 9.59 Å². The van der Waals surface area contributed by atoms with E-state index in [1.165, 1.54) is 37.7 Å². The number of methoxy groups -OCH3 is 1. The molecule has 0 heterocycles. The van der Waals surface area contributed by atoms with Crippen LogP contribution in [-0.4, -0.2) is 28.9 Å². The van der Waals surface area contributed by atoms with Gasteiger partial charge in [-0.1, -0.05) is 55.9 Å². The number of carbonyl (C=O) groups is 2. The number of Topliss-reactive ketones (excluding diaryl/α,β-unsaturated/α-hetero) is 2. The Morgan fingerprint density at radius 3 is 2.22 bits per heavy atom. The standard InChI is InChI=1S/C36H48O5/c1-41-31-22-18-28(19-23-31)34(38)13-7-8-14-35(39)33(25-27-11-5-6-12-27)32(24-15-26-9-3-2-4-10-26)36(40)29-16-20-30(37)21-17-29/h15-23,27,32-33,36-37,40H,2-14,24-25H2,1H3/t32-,33?,36+/m0/s1.